The molecule has 0 spiro atoms. The molecule has 0 unspecified atom stereocenters. The monoisotopic (exact) mass is 446 g/mol. The third-order valence-electron chi connectivity index (χ3n) is 4.16. The molecule has 0 fully saturated rings. The first-order chi connectivity index (χ1) is 15.4. The van der Waals surface area contributed by atoms with Crippen molar-refractivity contribution >= 4 is 52.3 Å². The SMILES string of the molecule is O=C(/C=C/c1cccc([N+](=O)[O-])c1)NC(=S)Nc1cccc(NC(=O)c2ccccc2)c1. The number of amides is 2. The first-order valence-electron chi connectivity index (χ1n) is 9.42. The largest absolute Gasteiger partial charge is 0.332 e. The van der Waals surface area contributed by atoms with Gasteiger partial charge in [0.15, 0.2) is 5.11 Å². The maximum Gasteiger partial charge on any atom is 0.270 e. The number of rotatable bonds is 6. The number of anilines is 2. The van der Waals surface area contributed by atoms with Crippen molar-refractivity contribution in [1.82, 2.24) is 5.32 Å². The zero-order valence-electron chi connectivity index (χ0n) is 16.6. The number of nitro benzene ring substituents is 1. The van der Waals surface area contributed by atoms with Gasteiger partial charge in [0.05, 0.1) is 4.92 Å². The summed E-state index contributed by atoms with van der Waals surface area (Å²) in [5.41, 5.74) is 2.11. The number of hydrogen-bond donors (Lipinski definition) is 3. The summed E-state index contributed by atoms with van der Waals surface area (Å²) in [4.78, 5) is 34.7. The van der Waals surface area contributed by atoms with E-state index in [4.69, 9.17) is 12.2 Å². The minimum absolute atomic E-state index is 0.0604. The van der Waals surface area contributed by atoms with E-state index in [1.54, 1.807) is 54.6 Å². The third-order valence-corrected chi connectivity index (χ3v) is 4.36. The lowest BCUT2D eigenvalue weighted by Gasteiger charge is -2.10. The van der Waals surface area contributed by atoms with Crippen LogP contribution in [0, 0.1) is 10.1 Å². The van der Waals surface area contributed by atoms with Crippen LogP contribution in [0.15, 0.2) is 84.9 Å². The average molecular weight is 446 g/mol. The molecule has 3 N–H and O–H groups in total. The van der Waals surface area contributed by atoms with Crippen LogP contribution in [0.4, 0.5) is 17.1 Å². The number of nitrogens with one attached hydrogen (secondary N) is 3. The second kappa shape index (κ2) is 10.6. The van der Waals surface area contributed by atoms with Gasteiger partial charge in [0, 0.05) is 35.1 Å². The molecule has 3 aromatic rings. The van der Waals surface area contributed by atoms with Crippen molar-refractivity contribution in [3.05, 3.63) is 106 Å². The first-order valence-corrected chi connectivity index (χ1v) is 9.82. The summed E-state index contributed by atoms with van der Waals surface area (Å²) in [5, 5.41) is 19.0. The summed E-state index contributed by atoms with van der Waals surface area (Å²) >= 11 is 5.15. The lowest BCUT2D eigenvalue weighted by molar-refractivity contribution is -0.384. The Labute approximate surface area is 189 Å². The molecule has 3 aromatic carbocycles. The smallest absolute Gasteiger partial charge is 0.270 e. The number of nitrogens with zero attached hydrogens (tertiary/aromatic N) is 1. The highest BCUT2D eigenvalue weighted by molar-refractivity contribution is 7.80. The van der Waals surface area contributed by atoms with E-state index in [1.807, 2.05) is 6.07 Å². The average Bonchev–Trinajstić information content (AvgIpc) is 2.78. The highest BCUT2D eigenvalue weighted by Gasteiger charge is 2.07. The highest BCUT2D eigenvalue weighted by atomic mass is 32.1. The van der Waals surface area contributed by atoms with Crippen LogP contribution in [0.25, 0.3) is 6.08 Å². The summed E-state index contributed by atoms with van der Waals surface area (Å²) in [6, 6.07) is 21.6. The Morgan fingerprint density at radius 1 is 0.875 bits per heavy atom. The van der Waals surface area contributed by atoms with Gasteiger partial charge in [-0.05, 0) is 54.2 Å². The fraction of sp³-hybridized carbons (Fsp3) is 0. The quantitative estimate of drug-likeness (QED) is 0.224. The van der Waals surface area contributed by atoms with Gasteiger partial charge in [-0.2, -0.15) is 0 Å². The van der Waals surface area contributed by atoms with Crippen LogP contribution >= 0.6 is 12.2 Å². The fourth-order valence-corrected chi connectivity index (χ4v) is 2.92. The number of carbonyl (C=O) groups is 2. The molecule has 9 heteroatoms. The number of hydrogen-bond acceptors (Lipinski definition) is 5. The summed E-state index contributed by atoms with van der Waals surface area (Å²) < 4.78 is 0. The van der Waals surface area contributed by atoms with Crippen LogP contribution in [0.5, 0.6) is 0 Å². The number of thiocarbonyl (C=S) groups is 1. The van der Waals surface area contributed by atoms with Crippen molar-refractivity contribution in [3.8, 4) is 0 Å². The van der Waals surface area contributed by atoms with Crippen molar-refractivity contribution in [2.75, 3.05) is 10.6 Å². The molecule has 0 saturated heterocycles. The van der Waals surface area contributed by atoms with Gasteiger partial charge in [0.25, 0.3) is 11.6 Å². The Morgan fingerprint density at radius 2 is 1.56 bits per heavy atom. The van der Waals surface area contributed by atoms with Gasteiger partial charge in [-0.15, -0.1) is 0 Å². The van der Waals surface area contributed by atoms with Crippen molar-refractivity contribution < 1.29 is 14.5 Å². The van der Waals surface area contributed by atoms with Gasteiger partial charge < -0.3 is 10.6 Å². The Bertz CT molecular complexity index is 1200. The Hall–Kier alpha value is -4.37. The van der Waals surface area contributed by atoms with Gasteiger partial charge in [0.1, 0.15) is 0 Å². The van der Waals surface area contributed by atoms with Gasteiger partial charge in [-0.3, -0.25) is 25.0 Å². The lowest BCUT2D eigenvalue weighted by Crippen LogP contribution is -2.32. The maximum atomic E-state index is 12.3. The minimum atomic E-state index is -0.507. The Morgan fingerprint density at radius 3 is 2.28 bits per heavy atom. The van der Waals surface area contributed by atoms with Gasteiger partial charge in [-0.25, -0.2) is 0 Å². The molecular formula is C23H18N4O4S. The van der Waals surface area contributed by atoms with Crippen LogP contribution in [-0.4, -0.2) is 21.9 Å². The molecule has 3 rings (SSSR count). The van der Waals surface area contributed by atoms with E-state index in [2.05, 4.69) is 16.0 Å². The molecule has 32 heavy (non-hydrogen) atoms. The molecule has 2 amide bonds. The van der Waals surface area contributed by atoms with E-state index >= 15 is 0 Å². The van der Waals surface area contributed by atoms with Crippen LogP contribution in [0.2, 0.25) is 0 Å². The topological polar surface area (TPSA) is 113 Å². The molecular weight excluding hydrogens is 428 g/mol. The van der Waals surface area contributed by atoms with Crippen molar-refractivity contribution in [2.24, 2.45) is 0 Å². The Balaban J connectivity index is 1.56. The summed E-state index contributed by atoms with van der Waals surface area (Å²) in [7, 11) is 0. The van der Waals surface area contributed by atoms with E-state index in [1.165, 1.54) is 30.4 Å². The molecule has 0 aliphatic rings. The molecule has 0 heterocycles. The molecule has 0 atom stereocenters. The van der Waals surface area contributed by atoms with E-state index in [-0.39, 0.29) is 16.7 Å². The molecule has 160 valence electrons. The first kappa shape index (κ1) is 22.3. The summed E-state index contributed by atoms with van der Waals surface area (Å²) in [5.74, 6) is -0.743. The van der Waals surface area contributed by atoms with Crippen LogP contribution in [0.3, 0.4) is 0 Å². The lowest BCUT2D eigenvalue weighted by atomic mass is 10.2. The van der Waals surface area contributed by atoms with E-state index < -0.39 is 10.8 Å². The number of carbonyl (C=O) groups excluding carboxylic acids is 2. The summed E-state index contributed by atoms with van der Waals surface area (Å²) in [6.45, 7) is 0. The number of benzene rings is 3. The standard InChI is InChI=1S/C23H18N4O4S/c28-21(13-12-16-6-4-11-20(14-16)27(30)31)26-23(32)25-19-10-5-9-18(15-19)24-22(29)17-7-2-1-3-8-17/h1-15H,(H,24,29)(H2,25,26,28,32)/b13-12+. The minimum Gasteiger partial charge on any atom is -0.332 e. The highest BCUT2D eigenvalue weighted by Crippen LogP contribution is 2.16. The van der Waals surface area contributed by atoms with Gasteiger partial charge in [-0.1, -0.05) is 36.4 Å². The molecule has 0 aromatic heterocycles. The van der Waals surface area contributed by atoms with Crippen LogP contribution < -0.4 is 16.0 Å². The number of non-ortho nitro benzene ring substituents is 1. The fourth-order valence-electron chi connectivity index (χ4n) is 2.70. The molecule has 0 saturated carbocycles. The van der Waals surface area contributed by atoms with Crippen molar-refractivity contribution in [1.29, 1.82) is 0 Å². The second-order valence-corrected chi connectivity index (χ2v) is 6.94. The van der Waals surface area contributed by atoms with Crippen LogP contribution in [-0.2, 0) is 4.79 Å². The van der Waals surface area contributed by atoms with E-state index in [0.717, 1.165) is 0 Å². The molecule has 0 aliphatic heterocycles. The molecule has 8 nitrogen and oxygen atoms in total. The van der Waals surface area contributed by atoms with Crippen molar-refractivity contribution in [3.63, 3.8) is 0 Å². The third kappa shape index (κ3) is 6.57. The van der Waals surface area contributed by atoms with E-state index in [9.17, 15) is 19.7 Å². The van der Waals surface area contributed by atoms with Crippen molar-refractivity contribution in [2.45, 2.75) is 0 Å². The summed E-state index contributed by atoms with van der Waals surface area (Å²) in [6.07, 6.45) is 2.67. The zero-order valence-corrected chi connectivity index (χ0v) is 17.5. The normalized spacial score (nSPS) is 10.4. The molecule has 0 aliphatic carbocycles. The molecule has 0 bridgehead atoms. The van der Waals surface area contributed by atoms with E-state index in [0.29, 0.717) is 22.5 Å². The van der Waals surface area contributed by atoms with Crippen LogP contribution in [0.1, 0.15) is 15.9 Å². The Kier molecular flexibility index (Phi) is 7.39. The van der Waals surface area contributed by atoms with Gasteiger partial charge in [0.2, 0.25) is 5.91 Å². The zero-order chi connectivity index (χ0) is 22.9. The maximum absolute atomic E-state index is 12.3. The number of nitro groups is 1. The van der Waals surface area contributed by atoms with Gasteiger partial charge >= 0.3 is 0 Å². The molecule has 0 radical (unpaired) electrons. The predicted molar refractivity (Wildman–Crippen MR) is 127 cm³/mol. The predicted octanol–water partition coefficient (Wildman–Crippen LogP) is 4.37. The second-order valence-electron chi connectivity index (χ2n) is 6.53.